The number of aromatic nitrogens is 2. The lowest BCUT2D eigenvalue weighted by Gasteiger charge is -2.39. The molecule has 1 N–H and O–H groups in total. The van der Waals surface area contributed by atoms with Crippen LogP contribution in [-0.2, 0) is 16.5 Å². The fourth-order valence-electron chi connectivity index (χ4n) is 2.88. The predicted octanol–water partition coefficient (Wildman–Crippen LogP) is -0.153. The minimum Gasteiger partial charge on any atom is -0.373 e. The van der Waals surface area contributed by atoms with Crippen LogP contribution in [0.3, 0.4) is 0 Å². The molecule has 21 heavy (non-hydrogen) atoms. The van der Waals surface area contributed by atoms with Gasteiger partial charge < -0.3 is 14.8 Å². The number of hydrogen-bond acceptors (Lipinski definition) is 5. The number of amides is 1. The van der Waals surface area contributed by atoms with Crippen LogP contribution in [0.2, 0.25) is 0 Å². The number of hydrogen-bond donors (Lipinski definition) is 1. The van der Waals surface area contributed by atoms with Crippen LogP contribution in [0.15, 0.2) is 16.9 Å². The van der Waals surface area contributed by atoms with Crippen LogP contribution in [0.1, 0.15) is 29.8 Å². The summed E-state index contributed by atoms with van der Waals surface area (Å²) in [5, 5.41) is 6.92. The summed E-state index contributed by atoms with van der Waals surface area (Å²) in [6, 6.07) is 2.85. The standard InChI is InChI=1S/C14H19N3O4/c1-17-13(18)5-3-10(16-17)14(19)15-9-2-4-11-12(8-9)21-7-6-20-11/h3,5,9,11-12H,2,4,6-8H2,1H3,(H,15,19)/t9-,11-,12+/m1/s1. The van der Waals surface area contributed by atoms with E-state index in [1.807, 2.05) is 0 Å². The zero-order valence-electron chi connectivity index (χ0n) is 11.9. The van der Waals surface area contributed by atoms with E-state index in [4.69, 9.17) is 9.47 Å². The van der Waals surface area contributed by atoms with Crippen LogP contribution < -0.4 is 10.9 Å². The van der Waals surface area contributed by atoms with Crippen molar-refractivity contribution in [2.45, 2.75) is 37.5 Å². The molecule has 1 aliphatic carbocycles. The molecule has 7 heteroatoms. The summed E-state index contributed by atoms with van der Waals surface area (Å²) in [5.74, 6) is -0.259. The van der Waals surface area contributed by atoms with Gasteiger partial charge in [-0.1, -0.05) is 0 Å². The zero-order chi connectivity index (χ0) is 14.8. The van der Waals surface area contributed by atoms with Gasteiger partial charge in [-0.3, -0.25) is 9.59 Å². The average Bonchev–Trinajstić information content (AvgIpc) is 2.50. The molecule has 1 saturated heterocycles. The maximum Gasteiger partial charge on any atom is 0.271 e. The van der Waals surface area contributed by atoms with E-state index in [-0.39, 0.29) is 35.4 Å². The van der Waals surface area contributed by atoms with Gasteiger partial charge in [-0.05, 0) is 25.3 Å². The minimum atomic E-state index is -0.259. The van der Waals surface area contributed by atoms with Gasteiger partial charge in [0.05, 0.1) is 25.4 Å². The van der Waals surface area contributed by atoms with Crippen molar-refractivity contribution >= 4 is 5.91 Å². The summed E-state index contributed by atoms with van der Waals surface area (Å²) >= 11 is 0. The molecule has 2 fully saturated rings. The Morgan fingerprint density at radius 1 is 1.29 bits per heavy atom. The van der Waals surface area contributed by atoms with Crippen LogP contribution in [0.4, 0.5) is 0 Å². The van der Waals surface area contributed by atoms with E-state index in [0.717, 1.165) is 23.9 Å². The lowest BCUT2D eigenvalue weighted by atomic mass is 9.89. The predicted molar refractivity (Wildman–Crippen MR) is 74.1 cm³/mol. The van der Waals surface area contributed by atoms with Gasteiger partial charge in [0.2, 0.25) is 0 Å². The topological polar surface area (TPSA) is 82.5 Å². The van der Waals surface area contributed by atoms with E-state index in [9.17, 15) is 9.59 Å². The molecule has 2 heterocycles. The average molecular weight is 293 g/mol. The van der Waals surface area contributed by atoms with Crippen LogP contribution >= 0.6 is 0 Å². The second-order valence-corrected chi connectivity index (χ2v) is 5.48. The van der Waals surface area contributed by atoms with Crippen molar-refractivity contribution in [3.05, 3.63) is 28.2 Å². The SMILES string of the molecule is Cn1nc(C(=O)N[C@@H]2CC[C@H]3OCCO[C@H]3C2)ccc1=O. The third-order valence-electron chi connectivity index (χ3n) is 4.01. The van der Waals surface area contributed by atoms with E-state index in [2.05, 4.69) is 10.4 Å². The van der Waals surface area contributed by atoms with Crippen LogP contribution in [-0.4, -0.2) is 47.2 Å². The third-order valence-corrected chi connectivity index (χ3v) is 4.01. The molecule has 1 aromatic rings. The second kappa shape index (κ2) is 5.95. The van der Waals surface area contributed by atoms with Gasteiger partial charge in [0, 0.05) is 19.2 Å². The summed E-state index contributed by atoms with van der Waals surface area (Å²) in [7, 11) is 1.53. The number of nitrogens with zero attached hydrogens (tertiary/aromatic N) is 2. The van der Waals surface area contributed by atoms with Crippen molar-refractivity contribution < 1.29 is 14.3 Å². The van der Waals surface area contributed by atoms with E-state index < -0.39 is 0 Å². The van der Waals surface area contributed by atoms with Crippen molar-refractivity contribution in [1.82, 2.24) is 15.1 Å². The van der Waals surface area contributed by atoms with Crippen molar-refractivity contribution in [1.29, 1.82) is 0 Å². The molecule has 1 aliphatic heterocycles. The van der Waals surface area contributed by atoms with Crippen molar-refractivity contribution in [2.24, 2.45) is 7.05 Å². The molecule has 2 aliphatic rings. The largest absolute Gasteiger partial charge is 0.373 e. The summed E-state index contributed by atoms with van der Waals surface area (Å²) in [6.07, 6.45) is 2.72. The Kier molecular flexibility index (Phi) is 4.03. The lowest BCUT2D eigenvalue weighted by molar-refractivity contribution is -0.157. The molecule has 0 radical (unpaired) electrons. The van der Waals surface area contributed by atoms with Gasteiger partial charge in [-0.2, -0.15) is 5.10 Å². The molecule has 0 unspecified atom stereocenters. The number of rotatable bonds is 2. The highest BCUT2D eigenvalue weighted by Crippen LogP contribution is 2.26. The summed E-state index contributed by atoms with van der Waals surface area (Å²) in [6.45, 7) is 1.27. The van der Waals surface area contributed by atoms with Gasteiger partial charge >= 0.3 is 0 Å². The molecule has 7 nitrogen and oxygen atoms in total. The molecular weight excluding hydrogens is 274 g/mol. The Hall–Kier alpha value is -1.73. The van der Waals surface area contributed by atoms with Crippen LogP contribution in [0.5, 0.6) is 0 Å². The highest BCUT2D eigenvalue weighted by atomic mass is 16.6. The minimum absolute atomic E-state index is 0.0551. The molecule has 1 amide bonds. The van der Waals surface area contributed by atoms with Crippen molar-refractivity contribution in [3.8, 4) is 0 Å². The Morgan fingerprint density at radius 2 is 2.05 bits per heavy atom. The number of carbonyl (C=O) groups is 1. The number of nitrogens with one attached hydrogen (secondary N) is 1. The monoisotopic (exact) mass is 293 g/mol. The normalized spacial score (nSPS) is 28.7. The first-order valence-electron chi connectivity index (χ1n) is 7.22. The maximum atomic E-state index is 12.2. The summed E-state index contributed by atoms with van der Waals surface area (Å²) in [4.78, 5) is 23.5. The molecule has 0 spiro atoms. The quantitative estimate of drug-likeness (QED) is 0.820. The molecule has 1 aromatic heterocycles. The van der Waals surface area contributed by atoms with E-state index in [1.54, 1.807) is 0 Å². The van der Waals surface area contributed by atoms with Gasteiger partial charge in [0.15, 0.2) is 0 Å². The summed E-state index contributed by atoms with van der Waals surface area (Å²) < 4.78 is 12.5. The Labute approximate surface area is 122 Å². The Morgan fingerprint density at radius 3 is 2.81 bits per heavy atom. The zero-order valence-corrected chi connectivity index (χ0v) is 11.9. The molecule has 114 valence electrons. The van der Waals surface area contributed by atoms with Gasteiger partial charge in [0.25, 0.3) is 11.5 Å². The first-order chi connectivity index (χ1) is 10.1. The fourth-order valence-corrected chi connectivity index (χ4v) is 2.88. The second-order valence-electron chi connectivity index (χ2n) is 5.48. The number of ether oxygens (including phenoxy) is 2. The maximum absolute atomic E-state index is 12.2. The molecule has 3 atom stereocenters. The first kappa shape index (κ1) is 14.2. The Bertz CT molecular complexity index is 586. The van der Waals surface area contributed by atoms with Crippen LogP contribution in [0, 0.1) is 0 Å². The molecule has 1 saturated carbocycles. The molecular formula is C14H19N3O4. The van der Waals surface area contributed by atoms with Crippen LogP contribution in [0.25, 0.3) is 0 Å². The number of fused-ring (bicyclic) bond motifs is 1. The fraction of sp³-hybridized carbons (Fsp3) is 0.643. The van der Waals surface area contributed by atoms with E-state index >= 15 is 0 Å². The van der Waals surface area contributed by atoms with E-state index in [0.29, 0.717) is 13.2 Å². The highest BCUT2D eigenvalue weighted by Gasteiger charge is 2.34. The number of aryl methyl sites for hydroxylation is 1. The summed E-state index contributed by atoms with van der Waals surface area (Å²) in [5.41, 5.74) is 0.0137. The molecule has 0 bridgehead atoms. The van der Waals surface area contributed by atoms with E-state index in [1.165, 1.54) is 19.2 Å². The van der Waals surface area contributed by atoms with Crippen molar-refractivity contribution in [2.75, 3.05) is 13.2 Å². The van der Waals surface area contributed by atoms with Gasteiger partial charge in [-0.25, -0.2) is 4.68 Å². The smallest absolute Gasteiger partial charge is 0.271 e. The lowest BCUT2D eigenvalue weighted by Crippen LogP contribution is -2.49. The highest BCUT2D eigenvalue weighted by molar-refractivity contribution is 5.92. The Balaban J connectivity index is 1.62. The molecule has 0 aromatic carbocycles. The first-order valence-corrected chi connectivity index (χ1v) is 7.22. The number of carbonyl (C=O) groups excluding carboxylic acids is 1. The van der Waals surface area contributed by atoms with Crippen molar-refractivity contribution in [3.63, 3.8) is 0 Å². The van der Waals surface area contributed by atoms with Gasteiger partial charge in [0.1, 0.15) is 5.69 Å². The van der Waals surface area contributed by atoms with Gasteiger partial charge in [-0.15, -0.1) is 0 Å². The molecule has 3 rings (SSSR count). The third kappa shape index (κ3) is 3.14.